The van der Waals surface area contributed by atoms with Gasteiger partial charge in [0.05, 0.1) is 12.2 Å². The van der Waals surface area contributed by atoms with Crippen molar-refractivity contribution >= 4 is 11.7 Å². The lowest BCUT2D eigenvalue weighted by atomic mass is 10.1. The second-order valence-corrected chi connectivity index (χ2v) is 4.40. The lowest BCUT2D eigenvalue weighted by Gasteiger charge is -2.20. The van der Waals surface area contributed by atoms with E-state index < -0.39 is 0 Å². The summed E-state index contributed by atoms with van der Waals surface area (Å²) in [5, 5.41) is 2.80. The van der Waals surface area contributed by atoms with Crippen LogP contribution in [0.2, 0.25) is 0 Å². The van der Waals surface area contributed by atoms with Crippen molar-refractivity contribution < 1.29 is 14.3 Å². The van der Waals surface area contributed by atoms with Gasteiger partial charge in [-0.3, -0.25) is 9.59 Å². The Morgan fingerprint density at radius 2 is 1.82 bits per heavy atom. The summed E-state index contributed by atoms with van der Waals surface area (Å²) in [5.74, 6) is 0.258. The van der Waals surface area contributed by atoms with Gasteiger partial charge in [0.15, 0.2) is 0 Å². The van der Waals surface area contributed by atoms with Crippen LogP contribution < -0.4 is 5.32 Å². The van der Waals surface area contributed by atoms with Crippen LogP contribution in [0.3, 0.4) is 0 Å². The lowest BCUT2D eigenvalue weighted by molar-refractivity contribution is -0.121. The maximum Gasteiger partial charge on any atom is 0.219 e. The first kappa shape index (κ1) is 16.1. The fraction of sp³-hybridized carbons (Fsp3) is 0.846. The summed E-state index contributed by atoms with van der Waals surface area (Å²) in [6.07, 6.45) is 2.28. The Bertz CT molecular complexity index is 219. The van der Waals surface area contributed by atoms with E-state index in [1.54, 1.807) is 0 Å². The Morgan fingerprint density at radius 3 is 2.29 bits per heavy atom. The minimum absolute atomic E-state index is 0.0178. The molecule has 0 saturated heterocycles. The van der Waals surface area contributed by atoms with Gasteiger partial charge in [-0.2, -0.15) is 0 Å². The van der Waals surface area contributed by atoms with E-state index >= 15 is 0 Å². The van der Waals surface area contributed by atoms with Crippen LogP contribution in [0.4, 0.5) is 0 Å². The number of carbonyl (C=O) groups is 2. The van der Waals surface area contributed by atoms with Gasteiger partial charge in [-0.15, -0.1) is 0 Å². The Balaban J connectivity index is 4.04. The molecule has 1 unspecified atom stereocenters. The average molecular weight is 243 g/mol. The van der Waals surface area contributed by atoms with Crippen molar-refractivity contribution in [3.63, 3.8) is 0 Å². The molecule has 0 aliphatic heterocycles. The fourth-order valence-corrected chi connectivity index (χ4v) is 1.45. The molecule has 1 amide bonds. The molecule has 0 radical (unpaired) electrons. The van der Waals surface area contributed by atoms with Crippen LogP contribution in [-0.4, -0.2) is 30.4 Å². The van der Waals surface area contributed by atoms with Gasteiger partial charge in [-0.25, -0.2) is 0 Å². The highest BCUT2D eigenvalue weighted by Gasteiger charge is 2.13. The molecule has 0 aromatic heterocycles. The van der Waals surface area contributed by atoms with Gasteiger partial charge in [-0.1, -0.05) is 13.8 Å². The van der Waals surface area contributed by atoms with Gasteiger partial charge in [0.1, 0.15) is 5.78 Å². The number of ether oxygens (including phenoxy) is 1. The van der Waals surface area contributed by atoms with E-state index in [4.69, 9.17) is 4.74 Å². The van der Waals surface area contributed by atoms with E-state index in [-0.39, 0.29) is 23.9 Å². The normalized spacial score (nSPS) is 12.5. The van der Waals surface area contributed by atoms with Crippen LogP contribution >= 0.6 is 0 Å². The molecule has 4 nitrogen and oxygen atoms in total. The minimum atomic E-state index is -0.0685. The maximum absolute atomic E-state index is 11.3. The summed E-state index contributed by atoms with van der Waals surface area (Å²) < 4.78 is 5.67. The monoisotopic (exact) mass is 243 g/mol. The largest absolute Gasteiger partial charge is 0.374 e. The number of Topliss-reactive ketones (excluding diaryl/α,β-unsaturated/α-hetero) is 1. The molecule has 0 rings (SSSR count). The third-order valence-electron chi connectivity index (χ3n) is 2.45. The SMILES string of the molecule is CCC(=O)CCC(CNC(=O)CC)OC(C)C. The van der Waals surface area contributed by atoms with Crippen LogP contribution in [-0.2, 0) is 14.3 Å². The molecule has 0 aliphatic rings. The maximum atomic E-state index is 11.3. The van der Waals surface area contributed by atoms with Crippen molar-refractivity contribution in [2.24, 2.45) is 0 Å². The molecule has 0 aliphatic carbocycles. The Kier molecular flexibility index (Phi) is 8.68. The molecule has 1 atom stereocenters. The highest BCUT2D eigenvalue weighted by molar-refractivity contribution is 5.78. The first-order valence-corrected chi connectivity index (χ1v) is 6.43. The topological polar surface area (TPSA) is 55.4 Å². The molecule has 0 aromatic rings. The van der Waals surface area contributed by atoms with Gasteiger partial charge < -0.3 is 10.1 Å². The average Bonchev–Trinajstić information content (AvgIpc) is 2.30. The summed E-state index contributed by atoms with van der Waals surface area (Å²) in [5.41, 5.74) is 0. The molecule has 4 heteroatoms. The molecule has 0 fully saturated rings. The molecule has 0 heterocycles. The third-order valence-corrected chi connectivity index (χ3v) is 2.45. The van der Waals surface area contributed by atoms with Gasteiger partial charge in [0.25, 0.3) is 0 Å². The standard InChI is InChI=1S/C13H25NO3/c1-5-11(15)7-8-12(17-10(3)4)9-14-13(16)6-2/h10,12H,5-9H2,1-4H3,(H,14,16). The van der Waals surface area contributed by atoms with Gasteiger partial charge >= 0.3 is 0 Å². The predicted molar refractivity (Wildman–Crippen MR) is 67.8 cm³/mol. The van der Waals surface area contributed by atoms with Crippen LogP contribution in [0.25, 0.3) is 0 Å². The van der Waals surface area contributed by atoms with Crippen LogP contribution in [0.15, 0.2) is 0 Å². The summed E-state index contributed by atoms with van der Waals surface area (Å²) in [6.45, 7) is 8.07. The van der Waals surface area contributed by atoms with Crippen LogP contribution in [0.5, 0.6) is 0 Å². The van der Waals surface area contributed by atoms with Crippen molar-refractivity contribution in [1.82, 2.24) is 5.32 Å². The molecule has 0 bridgehead atoms. The van der Waals surface area contributed by atoms with Crippen molar-refractivity contribution in [2.75, 3.05) is 6.54 Å². The van der Waals surface area contributed by atoms with Crippen molar-refractivity contribution in [3.8, 4) is 0 Å². The highest BCUT2D eigenvalue weighted by atomic mass is 16.5. The summed E-state index contributed by atoms with van der Waals surface area (Å²) >= 11 is 0. The van der Waals surface area contributed by atoms with E-state index in [1.807, 2.05) is 27.7 Å². The van der Waals surface area contributed by atoms with Crippen molar-refractivity contribution in [3.05, 3.63) is 0 Å². The van der Waals surface area contributed by atoms with E-state index in [9.17, 15) is 9.59 Å². The van der Waals surface area contributed by atoms with Crippen LogP contribution in [0, 0.1) is 0 Å². The lowest BCUT2D eigenvalue weighted by Crippen LogP contribution is -2.35. The molecule has 0 spiro atoms. The number of amides is 1. The van der Waals surface area contributed by atoms with E-state index in [0.717, 1.165) is 0 Å². The quantitative estimate of drug-likeness (QED) is 0.674. The summed E-state index contributed by atoms with van der Waals surface area (Å²) in [7, 11) is 0. The summed E-state index contributed by atoms with van der Waals surface area (Å²) in [4.78, 5) is 22.4. The molecule has 1 N–H and O–H groups in total. The van der Waals surface area contributed by atoms with E-state index in [0.29, 0.717) is 32.2 Å². The highest BCUT2D eigenvalue weighted by Crippen LogP contribution is 2.07. The predicted octanol–water partition coefficient (Wildman–Crippen LogP) is 2.07. The summed E-state index contributed by atoms with van der Waals surface area (Å²) in [6, 6.07) is 0. The van der Waals surface area contributed by atoms with E-state index in [1.165, 1.54) is 0 Å². The second-order valence-electron chi connectivity index (χ2n) is 4.40. The first-order chi connectivity index (χ1) is 7.99. The van der Waals surface area contributed by atoms with Crippen molar-refractivity contribution in [2.45, 2.75) is 65.6 Å². The first-order valence-electron chi connectivity index (χ1n) is 6.43. The zero-order chi connectivity index (χ0) is 13.3. The molecule has 0 saturated carbocycles. The Hall–Kier alpha value is -0.900. The van der Waals surface area contributed by atoms with E-state index in [2.05, 4.69) is 5.32 Å². The number of rotatable bonds is 9. The number of hydrogen-bond donors (Lipinski definition) is 1. The van der Waals surface area contributed by atoms with Gasteiger partial charge in [-0.05, 0) is 20.3 Å². The van der Waals surface area contributed by atoms with Gasteiger partial charge in [0, 0.05) is 25.8 Å². The fourth-order valence-electron chi connectivity index (χ4n) is 1.45. The number of carbonyl (C=O) groups excluding carboxylic acids is 2. The Labute approximate surface area is 104 Å². The third kappa shape index (κ3) is 8.86. The zero-order valence-electron chi connectivity index (χ0n) is 11.4. The molecular weight excluding hydrogens is 218 g/mol. The number of nitrogens with one attached hydrogen (secondary N) is 1. The molecule has 100 valence electrons. The zero-order valence-corrected chi connectivity index (χ0v) is 11.4. The number of ketones is 1. The minimum Gasteiger partial charge on any atom is -0.374 e. The smallest absolute Gasteiger partial charge is 0.219 e. The molecule has 0 aromatic carbocycles. The van der Waals surface area contributed by atoms with Gasteiger partial charge in [0.2, 0.25) is 5.91 Å². The molecule has 17 heavy (non-hydrogen) atoms. The Morgan fingerprint density at radius 1 is 1.18 bits per heavy atom. The number of hydrogen-bond acceptors (Lipinski definition) is 3. The van der Waals surface area contributed by atoms with Crippen LogP contribution in [0.1, 0.15) is 53.4 Å². The van der Waals surface area contributed by atoms with Crippen molar-refractivity contribution in [1.29, 1.82) is 0 Å². The second kappa shape index (κ2) is 9.16. The molecular formula is C13H25NO3.